The molecule has 0 bridgehead atoms. The van der Waals surface area contributed by atoms with Crippen molar-refractivity contribution in [3.63, 3.8) is 0 Å². The fourth-order valence-corrected chi connectivity index (χ4v) is 5.55. The van der Waals surface area contributed by atoms with Crippen molar-refractivity contribution in [1.82, 2.24) is 4.90 Å². The Morgan fingerprint density at radius 1 is 1.10 bits per heavy atom. The highest BCUT2D eigenvalue weighted by Gasteiger charge is 2.25. The van der Waals surface area contributed by atoms with E-state index in [2.05, 4.69) is 47.5 Å². The number of carbonyl (C=O) groups excluding carboxylic acids is 1. The van der Waals surface area contributed by atoms with Crippen LogP contribution in [0.2, 0.25) is 0 Å². The smallest absolute Gasteiger partial charge is 0.239 e. The molecule has 1 aliphatic carbocycles. The number of carbonyl (C=O) groups is 1. The van der Waals surface area contributed by atoms with Gasteiger partial charge in [-0.25, -0.2) is 0 Å². The van der Waals surface area contributed by atoms with Gasteiger partial charge in [-0.15, -0.1) is 11.3 Å². The molecule has 1 atom stereocenters. The summed E-state index contributed by atoms with van der Waals surface area (Å²) in [5.41, 5.74) is 4.15. The number of anilines is 1. The molecule has 31 heavy (non-hydrogen) atoms. The summed E-state index contributed by atoms with van der Waals surface area (Å²) in [6, 6.07) is 22.7. The Bertz CT molecular complexity index is 1030. The molecule has 1 N–H and O–H groups in total. The van der Waals surface area contributed by atoms with Crippen molar-refractivity contribution in [1.29, 1.82) is 5.26 Å². The number of hydrogen-bond acceptors (Lipinski definition) is 4. The maximum Gasteiger partial charge on any atom is 0.239 e. The lowest BCUT2D eigenvalue weighted by Crippen LogP contribution is -2.32. The number of thiophene rings is 1. The third-order valence-corrected chi connectivity index (χ3v) is 6.91. The molecule has 158 valence electrons. The van der Waals surface area contributed by atoms with Crippen molar-refractivity contribution < 1.29 is 4.79 Å². The first kappa shape index (κ1) is 21.3. The topological polar surface area (TPSA) is 56.1 Å². The second kappa shape index (κ2) is 9.91. The van der Waals surface area contributed by atoms with Gasteiger partial charge >= 0.3 is 0 Å². The van der Waals surface area contributed by atoms with Crippen LogP contribution in [-0.4, -0.2) is 17.4 Å². The van der Waals surface area contributed by atoms with Gasteiger partial charge in [0.2, 0.25) is 5.91 Å². The fraction of sp³-hybridized carbons (Fsp3) is 0.308. The zero-order valence-electron chi connectivity index (χ0n) is 17.8. The summed E-state index contributed by atoms with van der Waals surface area (Å²) in [5, 5.41) is 13.5. The lowest BCUT2D eigenvalue weighted by atomic mass is 9.89. The zero-order chi connectivity index (χ0) is 21.6. The van der Waals surface area contributed by atoms with Crippen LogP contribution in [0.3, 0.4) is 0 Å². The lowest BCUT2D eigenvalue weighted by molar-refractivity contribution is -0.117. The molecule has 2 aromatic carbocycles. The van der Waals surface area contributed by atoms with Crippen LogP contribution >= 0.6 is 11.3 Å². The fourth-order valence-electron chi connectivity index (χ4n) is 4.18. The second-order valence-corrected chi connectivity index (χ2v) is 9.44. The lowest BCUT2D eigenvalue weighted by Gasteiger charge is -2.22. The van der Waals surface area contributed by atoms with Crippen LogP contribution in [0.4, 0.5) is 5.00 Å². The van der Waals surface area contributed by atoms with Gasteiger partial charge in [0.25, 0.3) is 0 Å². The summed E-state index contributed by atoms with van der Waals surface area (Å²) < 4.78 is 0. The van der Waals surface area contributed by atoms with Crippen molar-refractivity contribution in [2.24, 2.45) is 5.92 Å². The molecular weight excluding hydrogens is 402 g/mol. The quantitative estimate of drug-likeness (QED) is 0.548. The summed E-state index contributed by atoms with van der Waals surface area (Å²) >= 11 is 1.58. The molecule has 4 nitrogen and oxygen atoms in total. The van der Waals surface area contributed by atoms with E-state index in [1.807, 2.05) is 36.4 Å². The van der Waals surface area contributed by atoms with E-state index in [1.165, 1.54) is 16.0 Å². The molecule has 1 unspecified atom stereocenters. The molecule has 4 rings (SSSR count). The van der Waals surface area contributed by atoms with E-state index in [-0.39, 0.29) is 12.5 Å². The average Bonchev–Trinajstić information content (AvgIpc) is 3.10. The molecule has 0 saturated heterocycles. The Hall–Kier alpha value is -2.94. The van der Waals surface area contributed by atoms with Crippen molar-refractivity contribution in [2.45, 2.75) is 39.3 Å². The molecule has 0 spiro atoms. The minimum atomic E-state index is -0.0741. The predicted molar refractivity (Wildman–Crippen MR) is 126 cm³/mol. The number of hydrogen-bond donors (Lipinski definition) is 1. The van der Waals surface area contributed by atoms with Gasteiger partial charge in [0.1, 0.15) is 11.1 Å². The number of benzene rings is 2. The molecule has 0 aliphatic heterocycles. The zero-order valence-corrected chi connectivity index (χ0v) is 18.6. The van der Waals surface area contributed by atoms with Crippen LogP contribution in [0.25, 0.3) is 0 Å². The Morgan fingerprint density at radius 3 is 2.29 bits per heavy atom. The van der Waals surface area contributed by atoms with Crippen molar-refractivity contribution in [2.75, 3.05) is 11.9 Å². The van der Waals surface area contributed by atoms with Crippen molar-refractivity contribution >= 4 is 22.2 Å². The van der Waals surface area contributed by atoms with E-state index in [0.29, 0.717) is 29.6 Å². The summed E-state index contributed by atoms with van der Waals surface area (Å²) in [6.07, 6.45) is 3.03. The molecule has 0 radical (unpaired) electrons. The van der Waals surface area contributed by atoms with Gasteiger partial charge in [0, 0.05) is 18.0 Å². The van der Waals surface area contributed by atoms with E-state index >= 15 is 0 Å². The van der Waals surface area contributed by atoms with E-state index in [9.17, 15) is 10.1 Å². The number of amides is 1. The summed E-state index contributed by atoms with van der Waals surface area (Å²) in [5.74, 6) is 0.559. The number of nitriles is 1. The molecule has 1 amide bonds. The van der Waals surface area contributed by atoms with E-state index < -0.39 is 0 Å². The number of rotatable bonds is 7. The highest BCUT2D eigenvalue weighted by Crippen LogP contribution is 2.39. The third kappa shape index (κ3) is 5.41. The molecule has 3 aromatic rings. The van der Waals surface area contributed by atoms with Crippen LogP contribution < -0.4 is 5.32 Å². The molecule has 1 aliphatic rings. The minimum absolute atomic E-state index is 0.0741. The van der Waals surface area contributed by atoms with Crippen molar-refractivity contribution in [3.05, 3.63) is 87.8 Å². The third-order valence-electron chi connectivity index (χ3n) is 5.74. The van der Waals surface area contributed by atoms with Crippen LogP contribution in [-0.2, 0) is 30.7 Å². The van der Waals surface area contributed by atoms with Gasteiger partial charge in [0.15, 0.2) is 0 Å². The molecular formula is C26H27N3OS. The van der Waals surface area contributed by atoms with Crippen LogP contribution in [0.1, 0.15) is 40.5 Å². The Labute approximate surface area is 188 Å². The molecule has 5 heteroatoms. The highest BCUT2D eigenvalue weighted by atomic mass is 32.1. The maximum absolute atomic E-state index is 13.0. The first-order chi connectivity index (χ1) is 15.1. The Morgan fingerprint density at radius 2 is 1.71 bits per heavy atom. The second-order valence-electron chi connectivity index (χ2n) is 8.33. The van der Waals surface area contributed by atoms with Gasteiger partial charge in [-0.05, 0) is 41.9 Å². The van der Waals surface area contributed by atoms with Crippen LogP contribution in [0.5, 0.6) is 0 Å². The van der Waals surface area contributed by atoms with Crippen LogP contribution in [0.15, 0.2) is 60.7 Å². The van der Waals surface area contributed by atoms with Gasteiger partial charge in [-0.1, -0.05) is 67.6 Å². The SMILES string of the molecule is CC1CCc2c(sc(NC(=O)CN(Cc3ccccc3)Cc3ccccc3)c2C#N)C1. The van der Waals surface area contributed by atoms with E-state index in [0.717, 1.165) is 24.8 Å². The number of fused-ring (bicyclic) bond motifs is 1. The molecule has 0 fully saturated rings. The Kier molecular flexibility index (Phi) is 6.81. The van der Waals surface area contributed by atoms with Gasteiger partial charge < -0.3 is 5.32 Å². The average molecular weight is 430 g/mol. The van der Waals surface area contributed by atoms with Gasteiger partial charge in [0.05, 0.1) is 12.1 Å². The highest BCUT2D eigenvalue weighted by molar-refractivity contribution is 7.16. The monoisotopic (exact) mass is 429 g/mol. The number of nitrogens with one attached hydrogen (secondary N) is 1. The molecule has 0 saturated carbocycles. The number of nitrogens with zero attached hydrogens (tertiary/aromatic N) is 2. The van der Waals surface area contributed by atoms with E-state index in [4.69, 9.17) is 0 Å². The first-order valence-electron chi connectivity index (χ1n) is 10.8. The Balaban J connectivity index is 1.49. The molecule has 1 aromatic heterocycles. The minimum Gasteiger partial charge on any atom is -0.315 e. The van der Waals surface area contributed by atoms with Crippen molar-refractivity contribution in [3.8, 4) is 6.07 Å². The summed E-state index contributed by atoms with van der Waals surface area (Å²) in [6.45, 7) is 3.89. The standard InChI is InChI=1S/C26H27N3OS/c1-19-12-13-22-23(15-27)26(31-24(22)14-19)28-25(30)18-29(16-20-8-4-2-5-9-20)17-21-10-6-3-7-11-21/h2-11,19H,12-14,16-18H2,1H3,(H,28,30). The van der Waals surface area contributed by atoms with Crippen LogP contribution in [0, 0.1) is 17.2 Å². The normalized spacial score (nSPS) is 15.3. The van der Waals surface area contributed by atoms with Gasteiger partial charge in [-0.2, -0.15) is 5.26 Å². The summed E-state index contributed by atoms with van der Waals surface area (Å²) in [4.78, 5) is 16.4. The first-order valence-corrected chi connectivity index (χ1v) is 11.6. The largest absolute Gasteiger partial charge is 0.315 e. The van der Waals surface area contributed by atoms with E-state index in [1.54, 1.807) is 11.3 Å². The predicted octanol–water partition coefficient (Wildman–Crippen LogP) is 5.39. The maximum atomic E-state index is 13.0. The van der Waals surface area contributed by atoms with Gasteiger partial charge in [-0.3, -0.25) is 9.69 Å². The molecule has 1 heterocycles. The summed E-state index contributed by atoms with van der Waals surface area (Å²) in [7, 11) is 0.